The predicted molar refractivity (Wildman–Crippen MR) is 97.9 cm³/mol. The van der Waals surface area contributed by atoms with Crippen molar-refractivity contribution < 1.29 is 9.53 Å². The summed E-state index contributed by atoms with van der Waals surface area (Å²) in [5.74, 6) is 0.140. The number of carbonyl (C=O) groups is 1. The second-order valence-electron chi connectivity index (χ2n) is 6.90. The third-order valence-corrected chi connectivity index (χ3v) is 5.92. The molecule has 0 bridgehead atoms. The van der Waals surface area contributed by atoms with Crippen molar-refractivity contribution in [3.63, 3.8) is 0 Å². The van der Waals surface area contributed by atoms with E-state index in [4.69, 9.17) is 27.9 Å². The Morgan fingerprint density at radius 3 is 2.67 bits per heavy atom. The van der Waals surface area contributed by atoms with Gasteiger partial charge in [0.25, 0.3) is 0 Å². The second kappa shape index (κ2) is 8.55. The van der Waals surface area contributed by atoms with E-state index in [0.29, 0.717) is 18.1 Å². The topological polar surface area (TPSA) is 38.3 Å². The lowest BCUT2D eigenvalue weighted by molar-refractivity contribution is -0.144. The van der Waals surface area contributed by atoms with E-state index in [1.165, 1.54) is 37.7 Å². The minimum Gasteiger partial charge on any atom is -0.463 e. The molecule has 0 amide bonds. The third-order valence-electron chi connectivity index (χ3n) is 5.16. The molecule has 24 heavy (non-hydrogen) atoms. The molecule has 1 aliphatic carbocycles. The van der Waals surface area contributed by atoms with Crippen LogP contribution in [0.25, 0.3) is 0 Å². The summed E-state index contributed by atoms with van der Waals surface area (Å²) in [6.07, 6.45) is 8.41. The van der Waals surface area contributed by atoms with Gasteiger partial charge in [-0.2, -0.15) is 0 Å². The largest absolute Gasteiger partial charge is 0.463 e. The van der Waals surface area contributed by atoms with E-state index in [0.717, 1.165) is 24.4 Å². The Morgan fingerprint density at radius 2 is 2.00 bits per heavy atom. The van der Waals surface area contributed by atoms with Crippen LogP contribution in [-0.4, -0.2) is 25.2 Å². The number of carbonyl (C=O) groups excluding carboxylic acids is 1. The maximum absolute atomic E-state index is 12.2. The van der Waals surface area contributed by atoms with Crippen LogP contribution in [0, 0.1) is 0 Å². The van der Waals surface area contributed by atoms with Crippen molar-refractivity contribution in [3.8, 4) is 0 Å². The summed E-state index contributed by atoms with van der Waals surface area (Å²) >= 11 is 12.8. The van der Waals surface area contributed by atoms with Gasteiger partial charge in [0.05, 0.1) is 0 Å². The van der Waals surface area contributed by atoms with Gasteiger partial charge < -0.3 is 10.1 Å². The summed E-state index contributed by atoms with van der Waals surface area (Å²) in [7, 11) is 0. The number of hydrogen-bond acceptors (Lipinski definition) is 3. The highest BCUT2D eigenvalue weighted by Gasteiger charge is 2.24. The van der Waals surface area contributed by atoms with Crippen molar-refractivity contribution in [2.75, 3.05) is 13.2 Å². The third kappa shape index (κ3) is 4.44. The molecule has 2 atom stereocenters. The SMILES string of the molecule is O=C(OCC1CCCN1)C(Cl)c1ccc(C2CCCCC2)c(Cl)c1. The van der Waals surface area contributed by atoms with Gasteiger partial charge in [-0.3, -0.25) is 4.79 Å². The normalized spacial score (nSPS) is 23.2. The summed E-state index contributed by atoms with van der Waals surface area (Å²) in [5.41, 5.74) is 1.90. The van der Waals surface area contributed by atoms with Crippen LogP contribution >= 0.6 is 23.2 Å². The van der Waals surface area contributed by atoms with Crippen LogP contribution in [0.1, 0.15) is 67.4 Å². The summed E-state index contributed by atoms with van der Waals surface area (Å²) in [5, 5.41) is 3.22. The highest BCUT2D eigenvalue weighted by Crippen LogP contribution is 2.37. The number of esters is 1. The van der Waals surface area contributed by atoms with E-state index in [9.17, 15) is 4.79 Å². The molecule has 3 rings (SSSR count). The molecule has 0 radical (unpaired) electrons. The van der Waals surface area contributed by atoms with Crippen LogP contribution in [0.15, 0.2) is 18.2 Å². The molecule has 1 aromatic rings. The molecule has 1 aliphatic heterocycles. The van der Waals surface area contributed by atoms with Crippen LogP contribution in [0.5, 0.6) is 0 Å². The molecule has 2 aliphatic rings. The molecule has 1 N–H and O–H groups in total. The smallest absolute Gasteiger partial charge is 0.328 e. The first-order chi connectivity index (χ1) is 11.6. The molecular formula is C19H25Cl2NO2. The van der Waals surface area contributed by atoms with E-state index < -0.39 is 11.3 Å². The number of halogens is 2. The fraction of sp³-hybridized carbons (Fsp3) is 0.632. The Morgan fingerprint density at radius 1 is 1.21 bits per heavy atom. The molecule has 3 nitrogen and oxygen atoms in total. The van der Waals surface area contributed by atoms with E-state index in [1.807, 2.05) is 18.2 Å². The molecule has 1 saturated carbocycles. The Hall–Kier alpha value is -0.770. The Labute approximate surface area is 154 Å². The molecule has 132 valence electrons. The quantitative estimate of drug-likeness (QED) is 0.588. The first kappa shape index (κ1) is 18.0. The van der Waals surface area contributed by atoms with Crippen molar-refractivity contribution in [1.29, 1.82) is 0 Å². The summed E-state index contributed by atoms with van der Waals surface area (Å²) < 4.78 is 5.35. The monoisotopic (exact) mass is 369 g/mol. The van der Waals surface area contributed by atoms with Gasteiger partial charge in [-0.1, -0.05) is 43.0 Å². The van der Waals surface area contributed by atoms with Crippen LogP contribution in [0.3, 0.4) is 0 Å². The minimum atomic E-state index is -0.802. The number of nitrogens with one attached hydrogen (secondary N) is 1. The van der Waals surface area contributed by atoms with Gasteiger partial charge in [0.15, 0.2) is 5.38 Å². The van der Waals surface area contributed by atoms with Gasteiger partial charge in [-0.05, 0) is 55.3 Å². The van der Waals surface area contributed by atoms with Crippen LogP contribution in [0.2, 0.25) is 5.02 Å². The predicted octanol–water partition coefficient (Wildman–Crippen LogP) is 4.96. The fourth-order valence-electron chi connectivity index (χ4n) is 3.74. The van der Waals surface area contributed by atoms with Crippen molar-refractivity contribution >= 4 is 29.2 Å². The van der Waals surface area contributed by atoms with Crippen molar-refractivity contribution in [2.24, 2.45) is 0 Å². The Balaban J connectivity index is 1.60. The number of rotatable bonds is 5. The van der Waals surface area contributed by atoms with Crippen LogP contribution < -0.4 is 5.32 Å². The molecular weight excluding hydrogens is 345 g/mol. The van der Waals surface area contributed by atoms with E-state index >= 15 is 0 Å². The highest BCUT2D eigenvalue weighted by atomic mass is 35.5. The fourth-order valence-corrected chi connectivity index (χ4v) is 4.28. The maximum atomic E-state index is 12.2. The number of hydrogen-bond donors (Lipinski definition) is 1. The van der Waals surface area contributed by atoms with Gasteiger partial charge in [-0.25, -0.2) is 0 Å². The van der Waals surface area contributed by atoms with Gasteiger partial charge in [0.1, 0.15) is 6.61 Å². The standard InChI is InChI=1S/C19H25Cl2NO2/c20-17-11-14(8-9-16(17)13-5-2-1-3-6-13)18(21)19(23)24-12-15-7-4-10-22-15/h8-9,11,13,15,18,22H,1-7,10,12H2. The molecule has 5 heteroatoms. The summed E-state index contributed by atoms with van der Waals surface area (Å²) in [6.45, 7) is 1.38. The minimum absolute atomic E-state index is 0.259. The van der Waals surface area contributed by atoms with Crippen molar-refractivity contribution in [1.82, 2.24) is 5.32 Å². The zero-order valence-electron chi connectivity index (χ0n) is 13.9. The van der Waals surface area contributed by atoms with Gasteiger partial charge in [0, 0.05) is 11.1 Å². The van der Waals surface area contributed by atoms with E-state index in [1.54, 1.807) is 0 Å². The van der Waals surface area contributed by atoms with Gasteiger partial charge in [-0.15, -0.1) is 11.6 Å². The van der Waals surface area contributed by atoms with Gasteiger partial charge >= 0.3 is 5.97 Å². The van der Waals surface area contributed by atoms with Crippen molar-refractivity contribution in [3.05, 3.63) is 34.3 Å². The lowest BCUT2D eigenvalue weighted by atomic mass is 9.84. The molecule has 1 saturated heterocycles. The average molecular weight is 370 g/mol. The zero-order chi connectivity index (χ0) is 16.9. The lowest BCUT2D eigenvalue weighted by Gasteiger charge is -2.23. The molecule has 0 aromatic heterocycles. The number of ether oxygens (including phenoxy) is 1. The highest BCUT2D eigenvalue weighted by molar-refractivity contribution is 6.32. The van der Waals surface area contributed by atoms with Crippen LogP contribution in [-0.2, 0) is 9.53 Å². The number of benzene rings is 1. The van der Waals surface area contributed by atoms with Gasteiger partial charge in [0.2, 0.25) is 0 Å². The maximum Gasteiger partial charge on any atom is 0.328 e. The molecule has 2 fully saturated rings. The summed E-state index contributed by atoms with van der Waals surface area (Å²) in [6, 6.07) is 6.05. The Bertz CT molecular complexity index is 566. The molecule has 1 heterocycles. The molecule has 2 unspecified atom stereocenters. The molecule has 0 spiro atoms. The van der Waals surface area contributed by atoms with E-state index in [-0.39, 0.29) is 6.04 Å². The first-order valence-electron chi connectivity index (χ1n) is 8.98. The van der Waals surface area contributed by atoms with E-state index in [2.05, 4.69) is 5.32 Å². The summed E-state index contributed by atoms with van der Waals surface area (Å²) in [4.78, 5) is 12.2. The average Bonchev–Trinajstić information content (AvgIpc) is 3.13. The first-order valence-corrected chi connectivity index (χ1v) is 9.80. The van der Waals surface area contributed by atoms with Crippen molar-refractivity contribution in [2.45, 2.75) is 62.3 Å². The Kier molecular flexibility index (Phi) is 6.43. The second-order valence-corrected chi connectivity index (χ2v) is 7.75. The zero-order valence-corrected chi connectivity index (χ0v) is 15.4. The lowest BCUT2D eigenvalue weighted by Crippen LogP contribution is -2.28. The number of alkyl halides is 1. The van der Waals surface area contributed by atoms with Crippen LogP contribution in [0.4, 0.5) is 0 Å². The molecule has 1 aromatic carbocycles.